The molecular formula is C16H21N3O2. The van der Waals surface area contributed by atoms with Crippen molar-refractivity contribution < 1.29 is 9.21 Å². The lowest BCUT2D eigenvalue weighted by molar-refractivity contribution is 0.0730. The van der Waals surface area contributed by atoms with Crippen LogP contribution in [-0.2, 0) is 13.0 Å². The van der Waals surface area contributed by atoms with Crippen molar-refractivity contribution in [2.45, 2.75) is 33.2 Å². The van der Waals surface area contributed by atoms with Gasteiger partial charge in [-0.1, -0.05) is 0 Å². The Morgan fingerprint density at radius 3 is 3.05 bits per heavy atom. The molecule has 21 heavy (non-hydrogen) atoms. The Labute approximate surface area is 124 Å². The number of hydrogen-bond acceptors (Lipinski definition) is 3. The summed E-state index contributed by atoms with van der Waals surface area (Å²) in [5.74, 6) is 2.80. The van der Waals surface area contributed by atoms with E-state index in [0.717, 1.165) is 43.1 Å². The number of aryl methyl sites for hydroxylation is 3. The number of imidazole rings is 1. The largest absolute Gasteiger partial charge is 0.456 e. The molecule has 3 heterocycles. The first kappa shape index (κ1) is 13.9. The first-order valence-electron chi connectivity index (χ1n) is 7.37. The van der Waals surface area contributed by atoms with Crippen LogP contribution in [0.2, 0.25) is 0 Å². The van der Waals surface area contributed by atoms with Gasteiger partial charge in [0.2, 0.25) is 0 Å². The van der Waals surface area contributed by atoms with E-state index in [9.17, 15) is 4.79 Å². The number of fused-ring (bicyclic) bond motifs is 1. The molecule has 5 nitrogen and oxygen atoms in total. The summed E-state index contributed by atoms with van der Waals surface area (Å²) in [4.78, 5) is 18.6. The molecule has 0 bridgehead atoms. The van der Waals surface area contributed by atoms with Gasteiger partial charge in [0.15, 0.2) is 5.76 Å². The molecule has 112 valence electrons. The minimum atomic E-state index is -0.0329. The number of carbonyl (C=O) groups excluding carboxylic acids is 1. The third-order valence-corrected chi connectivity index (χ3v) is 4.17. The van der Waals surface area contributed by atoms with Crippen LogP contribution in [0.1, 0.15) is 34.1 Å². The summed E-state index contributed by atoms with van der Waals surface area (Å²) >= 11 is 0. The molecule has 0 N–H and O–H groups in total. The molecular weight excluding hydrogens is 266 g/mol. The zero-order chi connectivity index (χ0) is 15.0. The highest BCUT2D eigenvalue weighted by molar-refractivity contribution is 5.92. The normalized spacial score (nSPS) is 17.6. The smallest absolute Gasteiger partial charge is 0.289 e. The molecule has 0 spiro atoms. The van der Waals surface area contributed by atoms with E-state index < -0.39 is 0 Å². The van der Waals surface area contributed by atoms with Gasteiger partial charge >= 0.3 is 0 Å². The number of hydrogen-bond donors (Lipinski definition) is 0. The van der Waals surface area contributed by atoms with Gasteiger partial charge in [0.25, 0.3) is 5.91 Å². The molecule has 1 atom stereocenters. The number of rotatable bonds is 3. The highest BCUT2D eigenvalue weighted by atomic mass is 16.4. The van der Waals surface area contributed by atoms with Gasteiger partial charge in [-0.2, -0.15) is 0 Å². The van der Waals surface area contributed by atoms with Crippen LogP contribution in [0.4, 0.5) is 0 Å². The molecule has 5 heteroatoms. The topological polar surface area (TPSA) is 51.3 Å². The highest BCUT2D eigenvalue weighted by Gasteiger charge is 2.24. The molecule has 3 rings (SSSR count). The summed E-state index contributed by atoms with van der Waals surface area (Å²) < 4.78 is 7.72. The lowest BCUT2D eigenvalue weighted by atomic mass is 9.97. The maximum Gasteiger partial charge on any atom is 0.289 e. The van der Waals surface area contributed by atoms with E-state index >= 15 is 0 Å². The molecule has 0 fully saturated rings. The van der Waals surface area contributed by atoms with Crippen molar-refractivity contribution in [3.8, 4) is 0 Å². The quantitative estimate of drug-likeness (QED) is 0.871. The average Bonchev–Trinajstić information content (AvgIpc) is 3.03. The summed E-state index contributed by atoms with van der Waals surface area (Å²) in [7, 11) is 1.85. The second-order valence-corrected chi connectivity index (χ2v) is 5.95. The maximum absolute atomic E-state index is 12.5. The number of aromatic nitrogens is 2. The molecule has 1 aliphatic rings. The Kier molecular flexibility index (Phi) is 3.57. The van der Waals surface area contributed by atoms with E-state index in [1.165, 1.54) is 0 Å². The summed E-state index contributed by atoms with van der Waals surface area (Å²) in [5.41, 5.74) is 0.906. The third kappa shape index (κ3) is 2.73. The summed E-state index contributed by atoms with van der Waals surface area (Å²) in [5, 5.41) is 0. The molecule has 0 saturated carbocycles. The van der Waals surface area contributed by atoms with Crippen LogP contribution in [-0.4, -0.2) is 34.0 Å². The minimum absolute atomic E-state index is 0.0329. The first-order chi connectivity index (χ1) is 10.0. The van der Waals surface area contributed by atoms with E-state index in [-0.39, 0.29) is 5.91 Å². The Bertz CT molecular complexity index is 656. The van der Waals surface area contributed by atoms with Gasteiger partial charge in [-0.25, -0.2) is 4.98 Å². The number of amides is 1. The van der Waals surface area contributed by atoms with Crippen molar-refractivity contribution in [1.29, 1.82) is 0 Å². The fourth-order valence-corrected chi connectivity index (χ4v) is 3.07. The van der Waals surface area contributed by atoms with Crippen LogP contribution in [0, 0.1) is 19.8 Å². The fraction of sp³-hybridized carbons (Fsp3) is 0.500. The van der Waals surface area contributed by atoms with Crippen LogP contribution in [0.25, 0.3) is 0 Å². The second kappa shape index (κ2) is 5.39. The van der Waals surface area contributed by atoms with Gasteiger partial charge < -0.3 is 13.9 Å². The van der Waals surface area contributed by atoms with Crippen LogP contribution in [0.15, 0.2) is 22.9 Å². The van der Waals surface area contributed by atoms with Gasteiger partial charge in [0.1, 0.15) is 11.6 Å². The lowest BCUT2D eigenvalue weighted by Crippen LogP contribution is -2.35. The lowest BCUT2D eigenvalue weighted by Gasteiger charge is -2.27. The minimum Gasteiger partial charge on any atom is -0.456 e. The monoisotopic (exact) mass is 287 g/mol. The van der Waals surface area contributed by atoms with Crippen molar-refractivity contribution in [1.82, 2.24) is 14.5 Å². The molecule has 2 aromatic heterocycles. The standard InChI is InChI=1S/C16H21N3O2/c1-11-8-12(2)21-15(11)16(20)18(3)10-13-4-6-19-7-5-17-14(19)9-13/h5,7-8,13H,4,6,9-10H2,1-3H3/t13-/m1/s1. The van der Waals surface area contributed by atoms with Crippen LogP contribution < -0.4 is 0 Å². The van der Waals surface area contributed by atoms with Crippen molar-refractivity contribution in [3.05, 3.63) is 41.4 Å². The van der Waals surface area contributed by atoms with E-state index in [4.69, 9.17) is 4.42 Å². The van der Waals surface area contributed by atoms with Crippen LogP contribution in [0.3, 0.4) is 0 Å². The van der Waals surface area contributed by atoms with Crippen molar-refractivity contribution >= 4 is 5.91 Å². The van der Waals surface area contributed by atoms with Gasteiger partial charge in [0, 0.05) is 44.5 Å². The zero-order valence-electron chi connectivity index (χ0n) is 12.8. The zero-order valence-corrected chi connectivity index (χ0v) is 12.8. The van der Waals surface area contributed by atoms with Gasteiger partial charge in [0.05, 0.1) is 0 Å². The molecule has 0 radical (unpaired) electrons. The van der Waals surface area contributed by atoms with Crippen LogP contribution >= 0.6 is 0 Å². The second-order valence-electron chi connectivity index (χ2n) is 5.95. The molecule has 1 amide bonds. The van der Waals surface area contributed by atoms with Crippen molar-refractivity contribution in [3.63, 3.8) is 0 Å². The number of nitrogens with zero attached hydrogens (tertiary/aromatic N) is 3. The molecule has 0 unspecified atom stereocenters. The van der Waals surface area contributed by atoms with Crippen molar-refractivity contribution in [2.75, 3.05) is 13.6 Å². The Morgan fingerprint density at radius 2 is 2.33 bits per heavy atom. The first-order valence-corrected chi connectivity index (χ1v) is 7.37. The predicted octanol–water partition coefficient (Wildman–Crippen LogP) is 2.43. The molecule has 0 saturated heterocycles. The van der Waals surface area contributed by atoms with E-state index in [1.54, 1.807) is 4.90 Å². The molecule has 0 aromatic carbocycles. The number of carbonyl (C=O) groups is 1. The van der Waals surface area contributed by atoms with Gasteiger partial charge in [-0.15, -0.1) is 0 Å². The average molecular weight is 287 g/mol. The van der Waals surface area contributed by atoms with Crippen LogP contribution in [0.5, 0.6) is 0 Å². The fourth-order valence-electron chi connectivity index (χ4n) is 3.07. The predicted molar refractivity (Wildman–Crippen MR) is 79.2 cm³/mol. The van der Waals surface area contributed by atoms with Gasteiger partial charge in [-0.3, -0.25) is 4.79 Å². The Hall–Kier alpha value is -2.04. The molecule has 2 aromatic rings. The maximum atomic E-state index is 12.5. The summed E-state index contributed by atoms with van der Waals surface area (Å²) in [6, 6.07) is 1.90. The summed E-state index contributed by atoms with van der Waals surface area (Å²) in [6.07, 6.45) is 5.88. The third-order valence-electron chi connectivity index (χ3n) is 4.17. The van der Waals surface area contributed by atoms with Crippen molar-refractivity contribution in [2.24, 2.45) is 5.92 Å². The van der Waals surface area contributed by atoms with E-state index in [2.05, 4.69) is 9.55 Å². The van der Waals surface area contributed by atoms with E-state index in [0.29, 0.717) is 11.7 Å². The highest BCUT2D eigenvalue weighted by Crippen LogP contribution is 2.21. The molecule has 1 aliphatic heterocycles. The number of furan rings is 1. The summed E-state index contributed by atoms with van der Waals surface area (Å²) in [6.45, 7) is 5.51. The van der Waals surface area contributed by atoms with E-state index in [1.807, 2.05) is 39.4 Å². The van der Waals surface area contributed by atoms with Gasteiger partial charge in [-0.05, 0) is 32.3 Å². The Balaban J connectivity index is 1.65. The molecule has 0 aliphatic carbocycles. The Morgan fingerprint density at radius 1 is 1.52 bits per heavy atom. The SMILES string of the molecule is Cc1cc(C)c(C(=O)N(C)C[C@@H]2CCn3ccnc3C2)o1.